The van der Waals surface area contributed by atoms with E-state index in [-0.39, 0.29) is 18.5 Å². The van der Waals surface area contributed by atoms with E-state index in [1.54, 1.807) is 0 Å². The number of halogens is 3. The Morgan fingerprint density at radius 1 is 1.38 bits per heavy atom. The zero-order chi connectivity index (χ0) is 15.5. The summed E-state index contributed by atoms with van der Waals surface area (Å²) in [6, 6.07) is 5.28. The summed E-state index contributed by atoms with van der Waals surface area (Å²) in [5, 5.41) is 0. The number of rotatable bonds is 4. The van der Waals surface area contributed by atoms with E-state index in [1.165, 1.54) is 12.1 Å². The second-order valence-corrected chi connectivity index (χ2v) is 5.23. The van der Waals surface area contributed by atoms with E-state index in [0.29, 0.717) is 12.6 Å². The van der Waals surface area contributed by atoms with Gasteiger partial charge in [0.15, 0.2) is 0 Å². The van der Waals surface area contributed by atoms with Gasteiger partial charge in [-0.25, -0.2) is 0 Å². The van der Waals surface area contributed by atoms with Crippen LogP contribution in [0.25, 0.3) is 0 Å². The van der Waals surface area contributed by atoms with E-state index < -0.39 is 11.7 Å². The zero-order valence-electron chi connectivity index (χ0n) is 12.2. The van der Waals surface area contributed by atoms with Gasteiger partial charge in [0.1, 0.15) is 18.5 Å². The second kappa shape index (κ2) is 6.66. The van der Waals surface area contributed by atoms with Crippen molar-refractivity contribution in [1.29, 1.82) is 0 Å². The molecule has 0 spiro atoms. The number of nitrogens with zero attached hydrogens (tertiary/aromatic N) is 1. The lowest BCUT2D eigenvalue weighted by Crippen LogP contribution is -2.49. The Kier molecular flexibility index (Phi) is 5.11. The first kappa shape index (κ1) is 16.1. The summed E-state index contributed by atoms with van der Waals surface area (Å²) < 4.78 is 49.0. The third-order valence-corrected chi connectivity index (χ3v) is 3.64. The van der Waals surface area contributed by atoms with Gasteiger partial charge in [0.05, 0.1) is 12.2 Å². The van der Waals surface area contributed by atoms with E-state index in [4.69, 9.17) is 9.47 Å². The fourth-order valence-corrected chi connectivity index (χ4v) is 2.37. The summed E-state index contributed by atoms with van der Waals surface area (Å²) in [4.78, 5) is 2.27. The van der Waals surface area contributed by atoms with Crippen LogP contribution in [-0.2, 0) is 10.9 Å². The molecule has 1 aromatic rings. The maximum Gasteiger partial charge on any atom is 0.416 e. The molecule has 0 unspecified atom stereocenters. The molecule has 1 aromatic carbocycles. The number of hydrogen-bond donors (Lipinski definition) is 0. The van der Waals surface area contributed by atoms with Crippen LogP contribution in [-0.4, -0.2) is 43.3 Å². The molecular formula is C15H20F3NO2. The lowest BCUT2D eigenvalue weighted by Gasteiger charge is -2.37. The highest BCUT2D eigenvalue weighted by Gasteiger charge is 2.31. The van der Waals surface area contributed by atoms with Gasteiger partial charge in [0.2, 0.25) is 0 Å². The van der Waals surface area contributed by atoms with Crippen molar-refractivity contribution < 1.29 is 22.6 Å². The van der Waals surface area contributed by atoms with Crippen molar-refractivity contribution in [3.63, 3.8) is 0 Å². The molecule has 118 valence electrons. The average molecular weight is 303 g/mol. The van der Waals surface area contributed by atoms with Crippen LogP contribution in [0.5, 0.6) is 5.75 Å². The van der Waals surface area contributed by atoms with Crippen LogP contribution in [0.1, 0.15) is 19.4 Å². The Labute approximate surface area is 122 Å². The molecule has 0 radical (unpaired) electrons. The number of alkyl halides is 3. The van der Waals surface area contributed by atoms with Crippen molar-refractivity contribution in [3.8, 4) is 5.75 Å². The zero-order valence-corrected chi connectivity index (χ0v) is 12.2. The third kappa shape index (κ3) is 4.35. The van der Waals surface area contributed by atoms with Gasteiger partial charge in [0, 0.05) is 12.6 Å². The first-order valence-corrected chi connectivity index (χ1v) is 7.06. The Balaban J connectivity index is 1.91. The van der Waals surface area contributed by atoms with Gasteiger partial charge in [-0.05, 0) is 31.7 Å². The van der Waals surface area contributed by atoms with Crippen LogP contribution >= 0.6 is 0 Å². The van der Waals surface area contributed by atoms with Crippen LogP contribution in [0.15, 0.2) is 24.3 Å². The second-order valence-electron chi connectivity index (χ2n) is 5.23. The third-order valence-electron chi connectivity index (χ3n) is 3.64. The van der Waals surface area contributed by atoms with Crippen molar-refractivity contribution >= 4 is 0 Å². The number of benzene rings is 1. The summed E-state index contributed by atoms with van der Waals surface area (Å²) >= 11 is 0. The quantitative estimate of drug-likeness (QED) is 0.852. The molecule has 1 fully saturated rings. The number of ether oxygens (including phenoxy) is 2. The van der Waals surface area contributed by atoms with Crippen LogP contribution in [0, 0.1) is 0 Å². The van der Waals surface area contributed by atoms with Gasteiger partial charge in [-0.15, -0.1) is 0 Å². The van der Waals surface area contributed by atoms with Crippen molar-refractivity contribution in [2.45, 2.75) is 32.2 Å². The molecule has 0 amide bonds. The molecule has 2 rings (SSSR count). The molecule has 3 nitrogen and oxygen atoms in total. The molecule has 6 heteroatoms. The summed E-state index contributed by atoms with van der Waals surface area (Å²) in [6.45, 7) is 6.69. The summed E-state index contributed by atoms with van der Waals surface area (Å²) in [7, 11) is 0. The topological polar surface area (TPSA) is 21.7 Å². The highest BCUT2D eigenvalue weighted by Crippen LogP contribution is 2.31. The molecule has 1 heterocycles. The van der Waals surface area contributed by atoms with Gasteiger partial charge in [-0.3, -0.25) is 4.90 Å². The molecule has 0 bridgehead atoms. The van der Waals surface area contributed by atoms with Crippen LogP contribution in [0.3, 0.4) is 0 Å². The molecule has 1 aliphatic rings. The maximum absolute atomic E-state index is 12.6. The molecule has 0 aromatic heterocycles. The first-order valence-electron chi connectivity index (χ1n) is 7.06. The van der Waals surface area contributed by atoms with Crippen molar-refractivity contribution in [2.24, 2.45) is 0 Å². The molecule has 0 aliphatic carbocycles. The molecule has 1 saturated heterocycles. The smallest absolute Gasteiger partial charge is 0.416 e. The summed E-state index contributed by atoms with van der Waals surface area (Å²) in [6.07, 6.45) is -4.47. The highest BCUT2D eigenvalue weighted by molar-refractivity contribution is 5.30. The Hall–Kier alpha value is -1.27. The van der Waals surface area contributed by atoms with Crippen molar-refractivity contribution in [1.82, 2.24) is 4.90 Å². The van der Waals surface area contributed by atoms with E-state index in [9.17, 15) is 13.2 Å². The van der Waals surface area contributed by atoms with Gasteiger partial charge < -0.3 is 9.47 Å². The summed E-state index contributed by atoms with van der Waals surface area (Å²) in [5.74, 6) is 0.218. The number of likely N-dealkylation sites (N-methyl/N-ethyl adjacent to an activating group) is 1. The lowest BCUT2D eigenvalue weighted by molar-refractivity contribution is -0.137. The Morgan fingerprint density at radius 2 is 2.14 bits per heavy atom. The standard InChI is InChI=1S/C15H20F3NO2/c1-3-19-8-14(20-9-11(19)2)10-21-13-6-4-5-12(7-13)15(16,17)18/h4-7,11,14H,3,8-10H2,1-2H3/t11-,14+/m1/s1. The molecular weight excluding hydrogens is 283 g/mol. The SMILES string of the molecule is CCN1C[C@@H](COc2cccc(C(F)(F)F)c2)OC[C@H]1C. The minimum absolute atomic E-state index is 0.115. The van der Waals surface area contributed by atoms with Crippen LogP contribution in [0.2, 0.25) is 0 Å². The van der Waals surface area contributed by atoms with E-state index >= 15 is 0 Å². The molecule has 21 heavy (non-hydrogen) atoms. The van der Waals surface area contributed by atoms with Gasteiger partial charge in [-0.2, -0.15) is 13.2 Å². The molecule has 1 aliphatic heterocycles. The van der Waals surface area contributed by atoms with Crippen molar-refractivity contribution in [2.75, 3.05) is 26.3 Å². The largest absolute Gasteiger partial charge is 0.491 e. The van der Waals surface area contributed by atoms with E-state index in [0.717, 1.165) is 25.2 Å². The number of hydrogen-bond acceptors (Lipinski definition) is 3. The molecule has 2 atom stereocenters. The average Bonchev–Trinajstić information content (AvgIpc) is 2.46. The normalized spacial score (nSPS) is 24.0. The Morgan fingerprint density at radius 3 is 2.81 bits per heavy atom. The van der Waals surface area contributed by atoms with Crippen molar-refractivity contribution in [3.05, 3.63) is 29.8 Å². The maximum atomic E-state index is 12.6. The van der Waals surface area contributed by atoms with E-state index in [2.05, 4.69) is 18.7 Å². The molecule has 0 N–H and O–H groups in total. The number of morpholine rings is 1. The monoisotopic (exact) mass is 303 g/mol. The van der Waals surface area contributed by atoms with Gasteiger partial charge in [0.25, 0.3) is 0 Å². The lowest BCUT2D eigenvalue weighted by atomic mass is 10.2. The predicted molar refractivity (Wildman–Crippen MR) is 73.4 cm³/mol. The fraction of sp³-hybridized carbons (Fsp3) is 0.600. The van der Waals surface area contributed by atoms with E-state index in [1.807, 2.05) is 0 Å². The summed E-state index contributed by atoms with van der Waals surface area (Å²) in [5.41, 5.74) is -0.701. The van der Waals surface area contributed by atoms with Gasteiger partial charge >= 0.3 is 6.18 Å². The highest BCUT2D eigenvalue weighted by atomic mass is 19.4. The minimum Gasteiger partial charge on any atom is -0.491 e. The Bertz CT molecular complexity index is 464. The fourth-order valence-electron chi connectivity index (χ4n) is 2.37. The van der Waals surface area contributed by atoms with Crippen LogP contribution in [0.4, 0.5) is 13.2 Å². The van der Waals surface area contributed by atoms with Crippen LogP contribution < -0.4 is 4.74 Å². The predicted octanol–water partition coefficient (Wildman–Crippen LogP) is 3.19. The van der Waals surface area contributed by atoms with Gasteiger partial charge in [-0.1, -0.05) is 13.0 Å². The first-order chi connectivity index (χ1) is 9.90. The molecule has 0 saturated carbocycles. The minimum atomic E-state index is -4.35.